The summed E-state index contributed by atoms with van der Waals surface area (Å²) in [6.07, 6.45) is 0. The Balaban J connectivity index is 2.76. The Bertz CT molecular complexity index is 364. The molecule has 0 aliphatic carbocycles. The lowest BCUT2D eigenvalue weighted by Crippen LogP contribution is -1.76. The van der Waals surface area contributed by atoms with Crippen LogP contribution in [0.4, 0.5) is 0 Å². The molecule has 0 spiro atoms. The molecule has 0 saturated carbocycles. The van der Waals surface area contributed by atoms with E-state index in [0.717, 1.165) is 10.9 Å². The zero-order chi connectivity index (χ0) is 7.68. The van der Waals surface area contributed by atoms with Crippen LogP contribution in [0, 0.1) is 6.07 Å². The molecule has 0 atom stereocenters. The molecule has 1 aromatic heterocycles. The molecule has 0 fully saturated rings. The highest BCUT2D eigenvalue weighted by Gasteiger charge is 1.99. The van der Waals surface area contributed by atoms with Crippen molar-refractivity contribution in [3.8, 4) is 0 Å². The molecule has 1 heterocycles. The Kier molecular flexibility index (Phi) is 1.64. The van der Waals surface area contributed by atoms with Gasteiger partial charge in [-0.05, 0) is 34.5 Å². The van der Waals surface area contributed by atoms with Gasteiger partial charge in [-0.3, -0.25) is 0 Å². The third-order valence-corrected chi connectivity index (χ3v) is 2.68. The molecular formula is C9H7OS. The normalized spacial score (nSPS) is 10.6. The second-order valence-electron chi connectivity index (χ2n) is 2.34. The molecule has 2 heteroatoms. The monoisotopic (exact) mass is 163 g/mol. The van der Waals surface area contributed by atoms with E-state index in [0.29, 0.717) is 0 Å². The first-order valence-electron chi connectivity index (χ1n) is 3.39. The lowest BCUT2D eigenvalue weighted by molar-refractivity contribution is 0.284. The molecule has 11 heavy (non-hydrogen) atoms. The van der Waals surface area contributed by atoms with Crippen LogP contribution >= 0.6 is 11.3 Å². The number of aliphatic hydroxyl groups excluding tert-OH is 1. The van der Waals surface area contributed by atoms with Gasteiger partial charge in [0.15, 0.2) is 0 Å². The maximum atomic E-state index is 8.92. The minimum Gasteiger partial charge on any atom is -0.392 e. The smallest absolute Gasteiger partial charge is 0.0696 e. The van der Waals surface area contributed by atoms with Crippen LogP contribution in [0.25, 0.3) is 10.1 Å². The molecule has 0 aliphatic heterocycles. The fraction of sp³-hybridized carbons (Fsp3) is 0.111. The topological polar surface area (TPSA) is 20.2 Å². The van der Waals surface area contributed by atoms with E-state index in [1.807, 2.05) is 23.6 Å². The van der Waals surface area contributed by atoms with Crippen LogP contribution in [0.15, 0.2) is 23.6 Å². The average Bonchev–Trinajstić information content (AvgIpc) is 2.47. The standard InChI is InChI=1S/C9H7OS/c10-5-7-6-11-9-4-2-1-3-8(7)9/h2-4,6,10H,5H2. The summed E-state index contributed by atoms with van der Waals surface area (Å²) < 4.78 is 1.22. The quantitative estimate of drug-likeness (QED) is 0.683. The van der Waals surface area contributed by atoms with Crippen LogP contribution in [-0.4, -0.2) is 5.11 Å². The first kappa shape index (κ1) is 6.83. The predicted molar refractivity (Wildman–Crippen MR) is 46.6 cm³/mol. The van der Waals surface area contributed by atoms with E-state index in [4.69, 9.17) is 5.11 Å². The van der Waals surface area contributed by atoms with E-state index in [1.54, 1.807) is 11.3 Å². The minimum absolute atomic E-state index is 0.123. The number of rotatable bonds is 1. The van der Waals surface area contributed by atoms with Crippen molar-refractivity contribution in [2.24, 2.45) is 0 Å². The first-order valence-corrected chi connectivity index (χ1v) is 4.27. The fourth-order valence-electron chi connectivity index (χ4n) is 1.09. The number of hydrogen-bond donors (Lipinski definition) is 1. The maximum Gasteiger partial charge on any atom is 0.0696 e. The van der Waals surface area contributed by atoms with Gasteiger partial charge in [-0.2, -0.15) is 0 Å². The van der Waals surface area contributed by atoms with E-state index in [1.165, 1.54) is 4.70 Å². The second-order valence-corrected chi connectivity index (χ2v) is 3.25. The van der Waals surface area contributed by atoms with Gasteiger partial charge < -0.3 is 5.11 Å². The second kappa shape index (κ2) is 2.64. The zero-order valence-electron chi connectivity index (χ0n) is 5.87. The van der Waals surface area contributed by atoms with Crippen molar-refractivity contribution in [3.63, 3.8) is 0 Å². The minimum atomic E-state index is 0.123. The fourth-order valence-corrected chi connectivity index (χ4v) is 2.02. The Morgan fingerprint density at radius 2 is 2.45 bits per heavy atom. The van der Waals surface area contributed by atoms with Crippen molar-refractivity contribution in [2.45, 2.75) is 6.61 Å². The van der Waals surface area contributed by atoms with Gasteiger partial charge in [0.25, 0.3) is 0 Å². The molecule has 0 saturated heterocycles. The van der Waals surface area contributed by atoms with Crippen molar-refractivity contribution in [2.75, 3.05) is 0 Å². The summed E-state index contributed by atoms with van der Waals surface area (Å²) in [5.74, 6) is 0. The molecule has 1 nitrogen and oxygen atoms in total. The summed E-state index contributed by atoms with van der Waals surface area (Å²) in [6.45, 7) is 0.123. The highest BCUT2D eigenvalue weighted by atomic mass is 32.1. The SMILES string of the molecule is OCc1csc2cc[c]cc12. The molecule has 0 aliphatic rings. The van der Waals surface area contributed by atoms with Crippen LogP contribution in [-0.2, 0) is 6.61 Å². The van der Waals surface area contributed by atoms with E-state index >= 15 is 0 Å². The van der Waals surface area contributed by atoms with Crippen LogP contribution < -0.4 is 0 Å². The van der Waals surface area contributed by atoms with Crippen molar-refractivity contribution in [1.29, 1.82) is 0 Å². The Morgan fingerprint density at radius 1 is 1.55 bits per heavy atom. The van der Waals surface area contributed by atoms with E-state index < -0.39 is 0 Å². The highest BCUT2D eigenvalue weighted by Crippen LogP contribution is 2.24. The molecule has 2 aromatic rings. The molecule has 55 valence electrons. The van der Waals surface area contributed by atoms with Gasteiger partial charge in [-0.25, -0.2) is 0 Å². The van der Waals surface area contributed by atoms with Gasteiger partial charge in [0.1, 0.15) is 0 Å². The Morgan fingerprint density at radius 3 is 3.27 bits per heavy atom. The number of aliphatic hydroxyl groups is 1. The third kappa shape index (κ3) is 1.04. The summed E-state index contributed by atoms with van der Waals surface area (Å²) >= 11 is 1.66. The molecule has 1 radical (unpaired) electrons. The molecule has 1 N–H and O–H groups in total. The summed E-state index contributed by atoms with van der Waals surface area (Å²) in [5.41, 5.74) is 1.00. The predicted octanol–water partition coefficient (Wildman–Crippen LogP) is 2.19. The van der Waals surface area contributed by atoms with Gasteiger partial charge in [0.2, 0.25) is 0 Å². The number of hydrogen-bond acceptors (Lipinski definition) is 2. The summed E-state index contributed by atoms with van der Waals surface area (Å²) in [5, 5.41) is 12.0. The molecule has 0 bridgehead atoms. The van der Waals surface area contributed by atoms with Crippen LogP contribution in [0.5, 0.6) is 0 Å². The number of thiophene rings is 1. The van der Waals surface area contributed by atoms with Gasteiger partial charge in [-0.15, -0.1) is 11.3 Å². The van der Waals surface area contributed by atoms with Crippen molar-refractivity contribution < 1.29 is 5.11 Å². The molecule has 2 rings (SSSR count). The number of fused-ring (bicyclic) bond motifs is 1. The van der Waals surface area contributed by atoms with Crippen molar-refractivity contribution >= 4 is 21.4 Å². The van der Waals surface area contributed by atoms with E-state index in [-0.39, 0.29) is 6.61 Å². The summed E-state index contributed by atoms with van der Waals surface area (Å²) in [6, 6.07) is 8.81. The molecule has 1 aromatic carbocycles. The summed E-state index contributed by atoms with van der Waals surface area (Å²) in [4.78, 5) is 0. The van der Waals surface area contributed by atoms with E-state index in [2.05, 4.69) is 6.07 Å². The van der Waals surface area contributed by atoms with E-state index in [9.17, 15) is 0 Å². The lowest BCUT2D eigenvalue weighted by Gasteiger charge is -1.90. The van der Waals surface area contributed by atoms with Gasteiger partial charge in [0.05, 0.1) is 6.61 Å². The van der Waals surface area contributed by atoms with Crippen molar-refractivity contribution in [3.05, 3.63) is 35.2 Å². The molecule has 0 unspecified atom stereocenters. The van der Waals surface area contributed by atoms with Crippen molar-refractivity contribution in [1.82, 2.24) is 0 Å². The number of benzene rings is 1. The Labute approximate surface area is 68.9 Å². The van der Waals surface area contributed by atoms with Gasteiger partial charge >= 0.3 is 0 Å². The Hall–Kier alpha value is -0.860. The van der Waals surface area contributed by atoms with Crippen LogP contribution in [0.3, 0.4) is 0 Å². The summed E-state index contributed by atoms with van der Waals surface area (Å²) in [7, 11) is 0. The third-order valence-electron chi connectivity index (χ3n) is 1.67. The maximum absolute atomic E-state index is 8.92. The van der Waals surface area contributed by atoms with Gasteiger partial charge in [0, 0.05) is 4.70 Å². The lowest BCUT2D eigenvalue weighted by atomic mass is 10.2. The molecule has 0 amide bonds. The average molecular weight is 163 g/mol. The zero-order valence-corrected chi connectivity index (χ0v) is 6.69. The first-order chi connectivity index (χ1) is 5.42. The van der Waals surface area contributed by atoms with Gasteiger partial charge in [-0.1, -0.05) is 6.07 Å². The highest BCUT2D eigenvalue weighted by molar-refractivity contribution is 7.17. The van der Waals surface area contributed by atoms with Crippen LogP contribution in [0.1, 0.15) is 5.56 Å². The largest absolute Gasteiger partial charge is 0.392 e. The van der Waals surface area contributed by atoms with Crippen LogP contribution in [0.2, 0.25) is 0 Å². The molecular weight excluding hydrogens is 156 g/mol.